The van der Waals surface area contributed by atoms with E-state index in [4.69, 9.17) is 4.74 Å². The predicted molar refractivity (Wildman–Crippen MR) is 105 cm³/mol. The number of nitro benzene ring substituents is 1. The maximum Gasteiger partial charge on any atom is 0.270 e. The van der Waals surface area contributed by atoms with Crippen molar-refractivity contribution in [3.8, 4) is 5.75 Å². The van der Waals surface area contributed by atoms with Gasteiger partial charge in [-0.25, -0.2) is 0 Å². The molecule has 5 nitrogen and oxygen atoms in total. The number of non-ortho nitro benzene ring substituents is 1. The van der Waals surface area contributed by atoms with Crippen molar-refractivity contribution >= 4 is 29.2 Å². The summed E-state index contributed by atoms with van der Waals surface area (Å²) in [6.07, 6.45) is 4.19. The van der Waals surface area contributed by atoms with Crippen LogP contribution in [0.15, 0.2) is 47.4 Å². The Morgan fingerprint density at radius 2 is 1.96 bits per heavy atom. The van der Waals surface area contributed by atoms with Gasteiger partial charge in [0, 0.05) is 35.2 Å². The Labute approximate surface area is 156 Å². The minimum Gasteiger partial charge on any atom is -0.497 e. The van der Waals surface area contributed by atoms with E-state index in [0.29, 0.717) is 0 Å². The average molecular weight is 368 g/mol. The first-order valence-electron chi connectivity index (χ1n) is 8.39. The van der Waals surface area contributed by atoms with Crippen molar-refractivity contribution in [1.82, 2.24) is 0 Å². The van der Waals surface area contributed by atoms with Crippen LogP contribution in [0.3, 0.4) is 0 Å². The highest BCUT2D eigenvalue weighted by molar-refractivity contribution is 8.01. The van der Waals surface area contributed by atoms with Crippen LogP contribution >= 0.6 is 11.8 Å². The van der Waals surface area contributed by atoms with Crippen LogP contribution in [0.4, 0.5) is 11.4 Å². The standard InChI is InChI=1S/C20H20N2O3S/c1-19(2)16-12-15(25-4)6-7-17(16)21(3)20(19)10-9-13-11-14(22(23)24)5-8-18(13)26-20/h5-12H,1-4H3/t20-/m0/s1. The third-order valence-electron chi connectivity index (χ3n) is 5.59. The highest BCUT2D eigenvalue weighted by atomic mass is 32.2. The van der Waals surface area contributed by atoms with Gasteiger partial charge in [-0.2, -0.15) is 0 Å². The summed E-state index contributed by atoms with van der Waals surface area (Å²) in [6.45, 7) is 4.48. The molecule has 0 aliphatic carbocycles. The molecule has 0 radical (unpaired) electrons. The number of likely N-dealkylation sites (N-methyl/N-ethyl adjacent to an activating group) is 1. The summed E-state index contributed by atoms with van der Waals surface area (Å²) in [7, 11) is 3.79. The summed E-state index contributed by atoms with van der Waals surface area (Å²) in [5, 5.41) is 11.1. The van der Waals surface area contributed by atoms with Crippen LogP contribution in [0.25, 0.3) is 6.08 Å². The lowest BCUT2D eigenvalue weighted by Crippen LogP contribution is -2.50. The number of rotatable bonds is 2. The lowest BCUT2D eigenvalue weighted by Gasteiger charge is -2.45. The lowest BCUT2D eigenvalue weighted by molar-refractivity contribution is -0.384. The maximum atomic E-state index is 11.1. The molecular formula is C20H20N2O3S. The number of nitro groups is 1. The van der Waals surface area contributed by atoms with Crippen LogP contribution in [-0.2, 0) is 5.41 Å². The Balaban J connectivity index is 1.83. The van der Waals surface area contributed by atoms with Gasteiger partial charge in [-0.1, -0.05) is 31.7 Å². The molecule has 1 atom stereocenters. The molecular weight excluding hydrogens is 348 g/mol. The van der Waals surface area contributed by atoms with Crippen molar-refractivity contribution in [1.29, 1.82) is 0 Å². The van der Waals surface area contributed by atoms with Crippen molar-refractivity contribution < 1.29 is 9.66 Å². The summed E-state index contributed by atoms with van der Waals surface area (Å²) in [5.74, 6) is 0.850. The van der Waals surface area contributed by atoms with Gasteiger partial charge in [0.05, 0.1) is 12.0 Å². The Morgan fingerprint density at radius 1 is 1.19 bits per heavy atom. The minimum absolute atomic E-state index is 0.122. The number of nitrogens with zero attached hydrogens (tertiary/aromatic N) is 2. The van der Waals surface area contributed by atoms with E-state index in [1.165, 1.54) is 11.3 Å². The van der Waals surface area contributed by atoms with E-state index in [1.54, 1.807) is 31.0 Å². The van der Waals surface area contributed by atoms with Crippen LogP contribution in [0.1, 0.15) is 25.0 Å². The molecule has 26 heavy (non-hydrogen) atoms. The van der Waals surface area contributed by atoms with Gasteiger partial charge in [0.2, 0.25) is 0 Å². The number of ether oxygens (including phenoxy) is 1. The third kappa shape index (κ3) is 2.11. The van der Waals surface area contributed by atoms with E-state index in [0.717, 1.165) is 16.2 Å². The summed E-state index contributed by atoms with van der Waals surface area (Å²) < 4.78 is 5.43. The van der Waals surface area contributed by atoms with Crippen LogP contribution in [0.2, 0.25) is 0 Å². The zero-order valence-electron chi connectivity index (χ0n) is 15.1. The van der Waals surface area contributed by atoms with Gasteiger partial charge in [-0.05, 0) is 41.5 Å². The smallest absolute Gasteiger partial charge is 0.270 e. The fourth-order valence-electron chi connectivity index (χ4n) is 4.02. The van der Waals surface area contributed by atoms with E-state index in [9.17, 15) is 10.1 Å². The molecule has 1 spiro atoms. The molecule has 2 aromatic rings. The molecule has 134 valence electrons. The van der Waals surface area contributed by atoms with E-state index >= 15 is 0 Å². The zero-order chi connectivity index (χ0) is 18.7. The number of fused-ring (bicyclic) bond motifs is 2. The third-order valence-corrected chi connectivity index (χ3v) is 7.41. The summed E-state index contributed by atoms with van der Waals surface area (Å²) in [6, 6.07) is 11.3. The minimum atomic E-state index is -0.350. The number of thioether (sulfide) groups is 1. The zero-order valence-corrected chi connectivity index (χ0v) is 16.0. The van der Waals surface area contributed by atoms with Crippen molar-refractivity contribution in [3.05, 3.63) is 63.7 Å². The van der Waals surface area contributed by atoms with Crippen LogP contribution in [-0.4, -0.2) is 24.0 Å². The molecule has 0 bridgehead atoms. The number of anilines is 1. The summed E-state index contributed by atoms with van der Waals surface area (Å²) in [5.41, 5.74) is 3.26. The van der Waals surface area contributed by atoms with Crippen LogP contribution < -0.4 is 9.64 Å². The van der Waals surface area contributed by atoms with Gasteiger partial charge in [0.1, 0.15) is 10.6 Å². The highest BCUT2D eigenvalue weighted by Crippen LogP contribution is 2.61. The van der Waals surface area contributed by atoms with E-state index < -0.39 is 0 Å². The Hall–Kier alpha value is -2.47. The first kappa shape index (κ1) is 17.0. The number of benzene rings is 2. The lowest BCUT2D eigenvalue weighted by atomic mass is 9.79. The quantitative estimate of drug-likeness (QED) is 0.560. The molecule has 4 rings (SSSR count). The highest BCUT2D eigenvalue weighted by Gasteiger charge is 2.56. The summed E-state index contributed by atoms with van der Waals surface area (Å²) >= 11 is 1.75. The normalized spacial score (nSPS) is 22.2. The number of hydrogen-bond donors (Lipinski definition) is 0. The van der Waals surface area contributed by atoms with Gasteiger partial charge >= 0.3 is 0 Å². The average Bonchev–Trinajstić information content (AvgIpc) is 2.79. The molecule has 0 amide bonds. The summed E-state index contributed by atoms with van der Waals surface area (Å²) in [4.78, 5) is 13.8. The molecule has 2 heterocycles. The van der Waals surface area contributed by atoms with Gasteiger partial charge in [0.25, 0.3) is 5.69 Å². The second-order valence-corrected chi connectivity index (χ2v) is 8.44. The molecule has 2 aliphatic heterocycles. The molecule has 6 heteroatoms. The topological polar surface area (TPSA) is 55.6 Å². The van der Waals surface area contributed by atoms with Crippen molar-refractivity contribution in [3.63, 3.8) is 0 Å². The van der Waals surface area contributed by atoms with Crippen molar-refractivity contribution in [2.24, 2.45) is 0 Å². The van der Waals surface area contributed by atoms with Crippen molar-refractivity contribution in [2.45, 2.75) is 29.0 Å². The van der Waals surface area contributed by atoms with Gasteiger partial charge in [-0.15, -0.1) is 0 Å². The maximum absolute atomic E-state index is 11.1. The molecule has 0 fully saturated rings. The van der Waals surface area contributed by atoms with Crippen molar-refractivity contribution in [2.75, 3.05) is 19.1 Å². The molecule has 0 saturated carbocycles. The van der Waals surface area contributed by atoms with Gasteiger partial charge in [-0.3, -0.25) is 10.1 Å². The van der Waals surface area contributed by atoms with Gasteiger partial charge in [0.15, 0.2) is 0 Å². The van der Waals surface area contributed by atoms with Crippen LogP contribution in [0, 0.1) is 10.1 Å². The fourth-order valence-corrected chi connectivity index (χ4v) is 5.47. The van der Waals surface area contributed by atoms with E-state index in [1.807, 2.05) is 18.2 Å². The number of methoxy groups -OCH3 is 1. The van der Waals surface area contributed by atoms with Gasteiger partial charge < -0.3 is 9.64 Å². The molecule has 0 aromatic heterocycles. The second-order valence-electron chi connectivity index (χ2n) is 7.18. The Morgan fingerprint density at radius 3 is 2.65 bits per heavy atom. The first-order chi connectivity index (χ1) is 12.3. The SMILES string of the molecule is COc1ccc2c(c1)C(C)(C)[C@@]1(C=Cc3cc([N+](=O)[O-])ccc3S1)N2C. The monoisotopic (exact) mass is 368 g/mol. The Kier molecular flexibility index (Phi) is 3.60. The second kappa shape index (κ2) is 5.51. The molecule has 2 aliphatic rings. The molecule has 0 unspecified atom stereocenters. The molecule has 0 N–H and O–H groups in total. The molecule has 2 aromatic carbocycles. The fraction of sp³-hybridized carbons (Fsp3) is 0.300. The van der Waals surface area contributed by atoms with Crippen LogP contribution in [0.5, 0.6) is 5.75 Å². The first-order valence-corrected chi connectivity index (χ1v) is 9.21. The predicted octanol–water partition coefficient (Wildman–Crippen LogP) is 4.85. The van der Waals surface area contributed by atoms with E-state index in [-0.39, 0.29) is 20.9 Å². The molecule has 0 saturated heterocycles. The van der Waals surface area contributed by atoms with E-state index in [2.05, 4.69) is 44.0 Å². The number of hydrogen-bond acceptors (Lipinski definition) is 5. The largest absolute Gasteiger partial charge is 0.497 e. The Bertz CT molecular complexity index is 954.